The van der Waals surface area contributed by atoms with Gasteiger partial charge in [0.2, 0.25) is 0 Å². The monoisotopic (exact) mass is 353 g/mol. The van der Waals surface area contributed by atoms with Gasteiger partial charge in [-0.1, -0.05) is 78.0 Å². The Morgan fingerprint density at radius 1 is 0.889 bits per heavy atom. The first-order valence-corrected chi connectivity index (χ1v) is 9.07. The molecular weight excluding hydrogens is 334 g/mol. The molecule has 1 fully saturated rings. The van der Waals surface area contributed by atoms with Crippen molar-refractivity contribution < 1.29 is 4.74 Å². The molecule has 1 unspecified atom stereocenters. The van der Waals surface area contributed by atoms with E-state index in [0.717, 1.165) is 27.9 Å². The summed E-state index contributed by atoms with van der Waals surface area (Å²) < 4.78 is 8.19. The van der Waals surface area contributed by atoms with Gasteiger partial charge in [0, 0.05) is 5.70 Å². The normalized spacial score (nSPS) is 18.6. The van der Waals surface area contributed by atoms with Gasteiger partial charge in [0.25, 0.3) is 0 Å². The Morgan fingerprint density at radius 2 is 1.48 bits per heavy atom. The SMILES string of the molecule is C/C(=C\C1OC1(c1ccccc1)c1ccccc1)n1nnc2ccccc21. The Bertz CT molecular complexity index is 1080. The Labute approximate surface area is 157 Å². The number of allylic oxidation sites excluding steroid dienone is 1. The highest BCUT2D eigenvalue weighted by Gasteiger charge is 2.57. The zero-order valence-corrected chi connectivity index (χ0v) is 15.0. The number of hydrogen-bond donors (Lipinski definition) is 0. The van der Waals surface area contributed by atoms with Gasteiger partial charge in [-0.05, 0) is 36.3 Å². The lowest BCUT2D eigenvalue weighted by atomic mass is 9.87. The Hall–Kier alpha value is -3.24. The topological polar surface area (TPSA) is 43.2 Å². The van der Waals surface area contributed by atoms with E-state index < -0.39 is 5.60 Å². The average molecular weight is 353 g/mol. The van der Waals surface area contributed by atoms with Gasteiger partial charge in [-0.15, -0.1) is 5.10 Å². The second-order valence-corrected chi connectivity index (χ2v) is 6.80. The van der Waals surface area contributed by atoms with Crippen molar-refractivity contribution in [1.82, 2.24) is 15.0 Å². The van der Waals surface area contributed by atoms with E-state index in [1.54, 1.807) is 0 Å². The van der Waals surface area contributed by atoms with E-state index in [-0.39, 0.29) is 6.10 Å². The van der Waals surface area contributed by atoms with Gasteiger partial charge >= 0.3 is 0 Å². The zero-order chi connectivity index (χ0) is 18.3. The maximum Gasteiger partial charge on any atom is 0.149 e. The van der Waals surface area contributed by atoms with E-state index in [1.807, 2.05) is 48.0 Å². The van der Waals surface area contributed by atoms with Crippen molar-refractivity contribution in [3.05, 3.63) is 102 Å². The molecule has 4 aromatic rings. The van der Waals surface area contributed by atoms with Gasteiger partial charge < -0.3 is 4.74 Å². The summed E-state index contributed by atoms with van der Waals surface area (Å²) >= 11 is 0. The molecule has 1 aromatic heterocycles. The standard InChI is InChI=1S/C23H19N3O/c1-17(26-21-15-9-8-14-20(21)24-25-26)16-22-23(27-22,18-10-4-2-5-11-18)19-12-6-3-7-13-19/h2-16,22H,1H3/b17-16+. The Kier molecular flexibility index (Phi) is 3.66. The molecule has 0 N–H and O–H groups in total. The first-order valence-electron chi connectivity index (χ1n) is 9.07. The molecule has 0 bridgehead atoms. The summed E-state index contributed by atoms with van der Waals surface area (Å²) in [4.78, 5) is 0. The summed E-state index contributed by atoms with van der Waals surface area (Å²) in [6.45, 7) is 2.05. The molecule has 0 aliphatic carbocycles. The number of fused-ring (bicyclic) bond motifs is 1. The van der Waals surface area contributed by atoms with Crippen molar-refractivity contribution in [2.24, 2.45) is 0 Å². The summed E-state index contributed by atoms with van der Waals surface area (Å²) in [5.41, 5.74) is 4.77. The number of nitrogens with zero attached hydrogens (tertiary/aromatic N) is 3. The molecule has 0 amide bonds. The minimum absolute atomic E-state index is 0.0507. The summed E-state index contributed by atoms with van der Waals surface area (Å²) in [5, 5.41) is 8.56. The van der Waals surface area contributed by atoms with E-state index in [4.69, 9.17) is 4.74 Å². The number of ether oxygens (including phenoxy) is 1. The first kappa shape index (κ1) is 16.0. The molecule has 4 heteroatoms. The fourth-order valence-electron chi connectivity index (χ4n) is 3.74. The van der Waals surface area contributed by atoms with Crippen molar-refractivity contribution >= 4 is 16.7 Å². The molecular formula is C23H19N3O. The van der Waals surface area contributed by atoms with Crippen molar-refractivity contribution in [2.45, 2.75) is 18.6 Å². The van der Waals surface area contributed by atoms with Crippen LogP contribution in [0.4, 0.5) is 0 Å². The lowest BCUT2D eigenvalue weighted by molar-refractivity contribution is 0.338. The second kappa shape index (κ2) is 6.18. The molecule has 0 radical (unpaired) electrons. The van der Waals surface area contributed by atoms with E-state index >= 15 is 0 Å². The molecule has 4 nitrogen and oxygen atoms in total. The third kappa shape index (κ3) is 2.57. The van der Waals surface area contributed by atoms with Gasteiger partial charge in [-0.3, -0.25) is 0 Å². The number of epoxide rings is 1. The average Bonchev–Trinajstić information content (AvgIpc) is 3.28. The van der Waals surface area contributed by atoms with Gasteiger partial charge in [0.15, 0.2) is 0 Å². The van der Waals surface area contributed by atoms with Gasteiger partial charge in [-0.25, -0.2) is 4.68 Å². The Balaban J connectivity index is 1.56. The molecule has 2 heterocycles. The second-order valence-electron chi connectivity index (χ2n) is 6.80. The molecule has 1 saturated heterocycles. The van der Waals surface area contributed by atoms with Crippen LogP contribution in [-0.4, -0.2) is 21.1 Å². The van der Waals surface area contributed by atoms with E-state index in [9.17, 15) is 0 Å². The van der Waals surface area contributed by atoms with Gasteiger partial charge in [-0.2, -0.15) is 0 Å². The van der Waals surface area contributed by atoms with E-state index in [0.29, 0.717) is 0 Å². The minimum atomic E-state index is -0.444. The van der Waals surface area contributed by atoms with Gasteiger partial charge in [0.1, 0.15) is 17.2 Å². The van der Waals surface area contributed by atoms with Crippen LogP contribution in [0.15, 0.2) is 91.0 Å². The van der Waals surface area contributed by atoms with Crippen molar-refractivity contribution in [3.8, 4) is 0 Å². The van der Waals surface area contributed by atoms with E-state index in [1.165, 1.54) is 0 Å². The smallest absolute Gasteiger partial charge is 0.149 e. The van der Waals surface area contributed by atoms with Crippen LogP contribution in [0.3, 0.4) is 0 Å². The number of aromatic nitrogens is 3. The van der Waals surface area contributed by atoms with Crippen LogP contribution in [0.2, 0.25) is 0 Å². The predicted octanol–water partition coefficient (Wildman–Crippen LogP) is 4.63. The van der Waals surface area contributed by atoms with Crippen molar-refractivity contribution in [2.75, 3.05) is 0 Å². The maximum absolute atomic E-state index is 6.32. The highest BCUT2D eigenvalue weighted by atomic mass is 16.6. The van der Waals surface area contributed by atoms with Crippen LogP contribution < -0.4 is 0 Å². The summed E-state index contributed by atoms with van der Waals surface area (Å²) in [6, 6.07) is 28.8. The predicted molar refractivity (Wildman–Crippen MR) is 106 cm³/mol. The van der Waals surface area contributed by atoms with Crippen LogP contribution in [-0.2, 0) is 10.3 Å². The summed E-state index contributed by atoms with van der Waals surface area (Å²) in [7, 11) is 0. The van der Waals surface area contributed by atoms with Crippen molar-refractivity contribution in [1.29, 1.82) is 0 Å². The third-order valence-electron chi connectivity index (χ3n) is 5.14. The van der Waals surface area contributed by atoms with Crippen molar-refractivity contribution in [3.63, 3.8) is 0 Å². The lowest BCUT2D eigenvalue weighted by Gasteiger charge is -2.14. The third-order valence-corrected chi connectivity index (χ3v) is 5.14. The van der Waals surface area contributed by atoms with Crippen LogP contribution >= 0.6 is 0 Å². The minimum Gasteiger partial charge on any atom is -0.351 e. The number of para-hydroxylation sites is 1. The van der Waals surface area contributed by atoms with Crippen LogP contribution in [0.25, 0.3) is 16.7 Å². The molecule has 27 heavy (non-hydrogen) atoms. The highest BCUT2D eigenvalue weighted by Crippen LogP contribution is 2.52. The molecule has 0 saturated carbocycles. The lowest BCUT2D eigenvalue weighted by Crippen LogP contribution is -2.14. The number of rotatable bonds is 4. The fourth-order valence-corrected chi connectivity index (χ4v) is 3.74. The molecule has 132 valence electrons. The largest absolute Gasteiger partial charge is 0.351 e. The number of hydrogen-bond acceptors (Lipinski definition) is 3. The first-order chi connectivity index (χ1) is 13.3. The molecule has 3 aromatic carbocycles. The highest BCUT2D eigenvalue weighted by molar-refractivity contribution is 5.77. The van der Waals surface area contributed by atoms with E-state index in [2.05, 4.69) is 64.9 Å². The molecule has 1 aliphatic heterocycles. The number of benzene rings is 3. The van der Waals surface area contributed by atoms with Crippen LogP contribution in [0.1, 0.15) is 18.1 Å². The van der Waals surface area contributed by atoms with Crippen LogP contribution in [0, 0.1) is 0 Å². The van der Waals surface area contributed by atoms with Crippen LogP contribution in [0.5, 0.6) is 0 Å². The maximum atomic E-state index is 6.32. The molecule has 1 aliphatic rings. The summed E-state index contributed by atoms with van der Waals surface area (Å²) in [5.74, 6) is 0. The van der Waals surface area contributed by atoms with Gasteiger partial charge in [0.05, 0.1) is 5.52 Å². The molecule has 0 spiro atoms. The fraction of sp³-hybridized carbons (Fsp3) is 0.130. The Morgan fingerprint density at radius 3 is 2.15 bits per heavy atom. The zero-order valence-electron chi connectivity index (χ0n) is 15.0. The summed E-state index contributed by atoms with van der Waals surface area (Å²) in [6.07, 6.45) is 2.09. The quantitative estimate of drug-likeness (QED) is 0.502. The molecule has 1 atom stereocenters. The molecule has 5 rings (SSSR count).